The van der Waals surface area contributed by atoms with Crippen LogP contribution in [0.2, 0.25) is 0 Å². The predicted octanol–water partition coefficient (Wildman–Crippen LogP) is 2.65. The van der Waals surface area contributed by atoms with E-state index in [1.54, 1.807) is 14.2 Å². The summed E-state index contributed by atoms with van der Waals surface area (Å²) >= 11 is 0. The minimum atomic E-state index is 0.463. The molecule has 1 aliphatic rings. The SMILES string of the molecule is CCCNC(Cc1ccc(OC)c(OC)c1)C1CCOC1. The van der Waals surface area contributed by atoms with Crippen LogP contribution in [-0.2, 0) is 11.2 Å². The Bertz CT molecular complexity index is 430. The van der Waals surface area contributed by atoms with Gasteiger partial charge >= 0.3 is 0 Å². The third kappa shape index (κ3) is 4.35. The van der Waals surface area contributed by atoms with Crippen LogP contribution in [0.15, 0.2) is 18.2 Å². The number of ether oxygens (including phenoxy) is 3. The molecule has 0 amide bonds. The van der Waals surface area contributed by atoms with Crippen LogP contribution < -0.4 is 14.8 Å². The van der Waals surface area contributed by atoms with Crippen molar-refractivity contribution in [2.45, 2.75) is 32.2 Å². The van der Waals surface area contributed by atoms with Gasteiger partial charge in [0.05, 0.1) is 20.8 Å². The fraction of sp³-hybridized carbons (Fsp3) is 0.647. The maximum Gasteiger partial charge on any atom is 0.160 e. The second-order valence-electron chi connectivity index (χ2n) is 5.58. The molecule has 1 aromatic carbocycles. The zero-order chi connectivity index (χ0) is 15.1. The van der Waals surface area contributed by atoms with E-state index in [0.29, 0.717) is 12.0 Å². The van der Waals surface area contributed by atoms with Crippen molar-refractivity contribution in [1.82, 2.24) is 5.32 Å². The molecule has 1 N–H and O–H groups in total. The summed E-state index contributed by atoms with van der Waals surface area (Å²) in [6.07, 6.45) is 3.29. The van der Waals surface area contributed by atoms with Gasteiger partial charge in [0.25, 0.3) is 0 Å². The number of nitrogens with one attached hydrogen (secondary N) is 1. The van der Waals surface area contributed by atoms with E-state index in [-0.39, 0.29) is 0 Å². The molecule has 1 fully saturated rings. The molecule has 2 atom stereocenters. The van der Waals surface area contributed by atoms with Crippen molar-refractivity contribution < 1.29 is 14.2 Å². The van der Waals surface area contributed by atoms with E-state index in [1.165, 1.54) is 5.56 Å². The molecule has 0 aromatic heterocycles. The Morgan fingerprint density at radius 3 is 2.71 bits per heavy atom. The average Bonchev–Trinajstić information content (AvgIpc) is 3.05. The second-order valence-corrected chi connectivity index (χ2v) is 5.58. The van der Waals surface area contributed by atoms with Gasteiger partial charge in [0.1, 0.15) is 0 Å². The number of methoxy groups -OCH3 is 2. The van der Waals surface area contributed by atoms with Crippen LogP contribution in [0.25, 0.3) is 0 Å². The molecule has 4 heteroatoms. The van der Waals surface area contributed by atoms with Crippen molar-refractivity contribution in [2.24, 2.45) is 5.92 Å². The summed E-state index contributed by atoms with van der Waals surface area (Å²) in [6.45, 7) is 5.01. The summed E-state index contributed by atoms with van der Waals surface area (Å²) in [5.74, 6) is 2.18. The summed E-state index contributed by atoms with van der Waals surface area (Å²) in [5, 5.41) is 3.67. The Kier molecular flexibility index (Phi) is 6.33. The van der Waals surface area contributed by atoms with Gasteiger partial charge in [-0.15, -0.1) is 0 Å². The van der Waals surface area contributed by atoms with E-state index < -0.39 is 0 Å². The van der Waals surface area contributed by atoms with E-state index in [4.69, 9.17) is 14.2 Å². The van der Waals surface area contributed by atoms with E-state index in [0.717, 1.165) is 50.5 Å². The zero-order valence-corrected chi connectivity index (χ0v) is 13.4. The van der Waals surface area contributed by atoms with Crippen LogP contribution in [0, 0.1) is 5.92 Å². The van der Waals surface area contributed by atoms with Gasteiger partial charge in [0.2, 0.25) is 0 Å². The van der Waals surface area contributed by atoms with E-state index in [2.05, 4.69) is 24.4 Å². The third-order valence-corrected chi connectivity index (χ3v) is 4.09. The lowest BCUT2D eigenvalue weighted by molar-refractivity contribution is 0.176. The highest BCUT2D eigenvalue weighted by Crippen LogP contribution is 2.29. The second kappa shape index (κ2) is 8.25. The van der Waals surface area contributed by atoms with Crippen molar-refractivity contribution in [3.63, 3.8) is 0 Å². The average molecular weight is 293 g/mol. The van der Waals surface area contributed by atoms with Crippen LogP contribution in [0.5, 0.6) is 11.5 Å². The molecule has 118 valence electrons. The lowest BCUT2D eigenvalue weighted by Gasteiger charge is -2.24. The highest BCUT2D eigenvalue weighted by molar-refractivity contribution is 5.43. The van der Waals surface area contributed by atoms with Gasteiger partial charge in [-0.05, 0) is 43.5 Å². The van der Waals surface area contributed by atoms with Crippen LogP contribution in [-0.4, -0.2) is 40.0 Å². The smallest absolute Gasteiger partial charge is 0.160 e. The number of hydrogen-bond acceptors (Lipinski definition) is 4. The van der Waals surface area contributed by atoms with Crippen molar-refractivity contribution in [2.75, 3.05) is 34.0 Å². The summed E-state index contributed by atoms with van der Waals surface area (Å²) in [5.41, 5.74) is 1.27. The van der Waals surface area contributed by atoms with Crippen molar-refractivity contribution in [3.05, 3.63) is 23.8 Å². The number of hydrogen-bond donors (Lipinski definition) is 1. The summed E-state index contributed by atoms with van der Waals surface area (Å²) in [4.78, 5) is 0. The van der Waals surface area contributed by atoms with Crippen LogP contribution in [0.3, 0.4) is 0 Å². The molecule has 2 unspecified atom stereocenters. The molecule has 0 radical (unpaired) electrons. The van der Waals surface area contributed by atoms with Crippen LogP contribution in [0.4, 0.5) is 0 Å². The van der Waals surface area contributed by atoms with Crippen molar-refractivity contribution in [3.8, 4) is 11.5 Å². The van der Waals surface area contributed by atoms with Gasteiger partial charge in [0.15, 0.2) is 11.5 Å². The number of benzene rings is 1. The van der Waals surface area contributed by atoms with E-state index in [1.807, 2.05) is 6.07 Å². The highest BCUT2D eigenvalue weighted by atomic mass is 16.5. The molecule has 1 aliphatic heterocycles. The molecule has 2 rings (SSSR count). The molecule has 0 saturated carbocycles. The Balaban J connectivity index is 2.07. The van der Waals surface area contributed by atoms with Gasteiger partial charge in [0, 0.05) is 18.6 Å². The van der Waals surface area contributed by atoms with Crippen molar-refractivity contribution in [1.29, 1.82) is 0 Å². The van der Waals surface area contributed by atoms with Crippen LogP contribution >= 0.6 is 0 Å². The minimum Gasteiger partial charge on any atom is -0.493 e. The quantitative estimate of drug-likeness (QED) is 0.800. The fourth-order valence-corrected chi connectivity index (χ4v) is 2.87. The Morgan fingerprint density at radius 2 is 2.10 bits per heavy atom. The molecule has 21 heavy (non-hydrogen) atoms. The molecule has 0 bridgehead atoms. The Hall–Kier alpha value is -1.26. The first-order valence-electron chi connectivity index (χ1n) is 7.80. The normalized spacial score (nSPS) is 19.5. The largest absolute Gasteiger partial charge is 0.493 e. The lowest BCUT2D eigenvalue weighted by Crippen LogP contribution is -2.38. The van der Waals surface area contributed by atoms with Gasteiger partial charge in [-0.1, -0.05) is 13.0 Å². The van der Waals surface area contributed by atoms with Gasteiger partial charge in [-0.25, -0.2) is 0 Å². The topological polar surface area (TPSA) is 39.7 Å². The first kappa shape index (κ1) is 16.1. The zero-order valence-electron chi connectivity index (χ0n) is 13.4. The fourth-order valence-electron chi connectivity index (χ4n) is 2.87. The molecule has 4 nitrogen and oxygen atoms in total. The lowest BCUT2D eigenvalue weighted by atomic mass is 9.92. The molecular weight excluding hydrogens is 266 g/mol. The minimum absolute atomic E-state index is 0.463. The number of rotatable bonds is 8. The molecular formula is C17H27NO3. The molecule has 1 saturated heterocycles. The molecule has 0 aliphatic carbocycles. The predicted molar refractivity (Wildman–Crippen MR) is 84.3 cm³/mol. The molecule has 0 spiro atoms. The summed E-state index contributed by atoms with van der Waals surface area (Å²) < 4.78 is 16.2. The molecule has 1 heterocycles. The summed E-state index contributed by atoms with van der Waals surface area (Å²) in [6, 6.07) is 6.65. The maximum atomic E-state index is 5.55. The third-order valence-electron chi connectivity index (χ3n) is 4.09. The Morgan fingerprint density at radius 1 is 1.29 bits per heavy atom. The monoisotopic (exact) mass is 293 g/mol. The van der Waals surface area contributed by atoms with Gasteiger partial charge < -0.3 is 19.5 Å². The van der Waals surface area contributed by atoms with Gasteiger partial charge in [-0.2, -0.15) is 0 Å². The Labute approximate surface area is 127 Å². The molecule has 1 aromatic rings. The van der Waals surface area contributed by atoms with Crippen molar-refractivity contribution >= 4 is 0 Å². The van der Waals surface area contributed by atoms with Crippen LogP contribution in [0.1, 0.15) is 25.3 Å². The first-order valence-corrected chi connectivity index (χ1v) is 7.80. The van der Waals surface area contributed by atoms with Gasteiger partial charge in [-0.3, -0.25) is 0 Å². The van der Waals surface area contributed by atoms with E-state index in [9.17, 15) is 0 Å². The standard InChI is InChI=1S/C17H27NO3/c1-4-8-18-15(14-7-9-21-12-14)10-13-5-6-16(19-2)17(11-13)20-3/h5-6,11,14-15,18H,4,7-10,12H2,1-3H3. The van der Waals surface area contributed by atoms with E-state index >= 15 is 0 Å². The maximum absolute atomic E-state index is 5.55. The summed E-state index contributed by atoms with van der Waals surface area (Å²) in [7, 11) is 3.35. The highest BCUT2D eigenvalue weighted by Gasteiger charge is 2.25. The first-order chi connectivity index (χ1) is 10.3.